The molecule has 0 fully saturated rings. The summed E-state index contributed by atoms with van der Waals surface area (Å²) in [6, 6.07) is 0. The Bertz CT molecular complexity index is 55.5. The fourth-order valence-corrected chi connectivity index (χ4v) is 0.400. The van der Waals surface area contributed by atoms with Gasteiger partial charge in [0.1, 0.15) is 0 Å². The summed E-state index contributed by atoms with van der Waals surface area (Å²) in [6.45, 7) is 0. The summed E-state index contributed by atoms with van der Waals surface area (Å²) >= 11 is 1.23. The summed E-state index contributed by atoms with van der Waals surface area (Å²) in [4.78, 5) is 0. The maximum atomic E-state index is 5.17. The molecule has 0 saturated carbocycles. The summed E-state index contributed by atoms with van der Waals surface area (Å²) in [6.07, 6.45) is 0.440. The second kappa shape index (κ2) is 3.72. The van der Waals surface area contributed by atoms with Gasteiger partial charge in [0.15, 0.2) is 0 Å². The van der Waals surface area contributed by atoms with Crippen molar-refractivity contribution in [1.29, 1.82) is 0 Å². The van der Waals surface area contributed by atoms with Gasteiger partial charge in [-0.1, -0.05) is 0 Å². The van der Waals surface area contributed by atoms with Crippen LogP contribution < -0.4 is 11.1 Å². The molecule has 0 heterocycles. The molecule has 2 nitrogen and oxygen atoms in total. The summed E-state index contributed by atoms with van der Waals surface area (Å²) in [5, 5.41) is 2.72. The zero-order valence-corrected chi connectivity index (χ0v) is 6.20. The Balaban J connectivity index is 2.83. The number of rotatable bonds is 2. The van der Waals surface area contributed by atoms with Crippen molar-refractivity contribution in [3.8, 4) is 0 Å². The van der Waals surface area contributed by atoms with Gasteiger partial charge in [-0.3, -0.25) is 0 Å². The molecule has 0 aliphatic heterocycles. The van der Waals surface area contributed by atoms with Gasteiger partial charge < -0.3 is 0 Å². The molecule has 0 aliphatic rings. The zero-order chi connectivity index (χ0) is 4.99. The molecule has 2 radical (unpaired) electrons. The van der Waals surface area contributed by atoms with Crippen LogP contribution in [0.2, 0.25) is 0 Å². The molecule has 32 valence electrons. The van der Waals surface area contributed by atoms with Crippen LogP contribution in [0.3, 0.4) is 0 Å². The predicted octanol–water partition coefficient (Wildman–Crippen LogP) is -1.71. The van der Waals surface area contributed by atoms with Crippen molar-refractivity contribution in [2.24, 2.45) is 5.73 Å². The summed E-state index contributed by atoms with van der Waals surface area (Å²) in [7, 11) is 5.03. The van der Waals surface area contributed by atoms with Crippen molar-refractivity contribution < 1.29 is 19.4 Å². The van der Waals surface area contributed by atoms with Crippen LogP contribution in [0.25, 0.3) is 0 Å². The topological polar surface area (TPSA) is 38.0 Å². The molecule has 0 aromatic carbocycles. The second-order valence-corrected chi connectivity index (χ2v) is 2.33. The molecule has 6 heavy (non-hydrogen) atoms. The van der Waals surface area contributed by atoms with Crippen LogP contribution in [0.1, 0.15) is 0 Å². The molecule has 0 bridgehead atoms. The molecular weight excluding hydrogens is 247 g/mol. The Morgan fingerprint density at radius 2 is 2.50 bits per heavy atom. The van der Waals surface area contributed by atoms with E-state index >= 15 is 0 Å². The number of nitrogens with one attached hydrogen (secondary N) is 1. The third kappa shape index (κ3) is 4.54. The van der Waals surface area contributed by atoms with Crippen molar-refractivity contribution in [3.63, 3.8) is 0 Å². The molecule has 0 aromatic rings. The maximum absolute atomic E-state index is 5.17. The first-order chi connectivity index (χ1) is 2.77. The van der Waals surface area contributed by atoms with E-state index < -0.39 is 0 Å². The van der Waals surface area contributed by atoms with Gasteiger partial charge in [-0.25, -0.2) is 0 Å². The van der Waals surface area contributed by atoms with Crippen LogP contribution in [0, 0.1) is 0 Å². The molecule has 0 atom stereocenters. The average molecular weight is 252 g/mol. The first-order valence-electron chi connectivity index (χ1n) is 1.50. The van der Waals surface area contributed by atoms with Crippen LogP contribution in [0.5, 0.6) is 0 Å². The van der Waals surface area contributed by atoms with Crippen LogP contribution >= 0.6 is 0 Å². The molecule has 0 saturated heterocycles. The molecule has 0 amide bonds. The number of hydrogen-bond donors (Lipinski definition) is 2. The van der Waals surface area contributed by atoms with Gasteiger partial charge in [0.2, 0.25) is 0 Å². The van der Waals surface area contributed by atoms with Crippen molar-refractivity contribution in [2.45, 2.75) is 0 Å². The molecular formula is C2H5BN2W. The minimum atomic E-state index is 0.440. The number of hydrogen-bond acceptors (Lipinski definition) is 2. The van der Waals surface area contributed by atoms with E-state index in [0.29, 0.717) is 6.44 Å². The molecule has 0 unspecified atom stereocenters. The van der Waals surface area contributed by atoms with Crippen molar-refractivity contribution in [2.75, 3.05) is 6.44 Å². The van der Waals surface area contributed by atoms with Crippen molar-refractivity contribution in [1.82, 2.24) is 5.32 Å². The quantitative estimate of drug-likeness (QED) is 0.574. The van der Waals surface area contributed by atoms with Gasteiger partial charge in [-0.2, -0.15) is 0 Å². The van der Waals surface area contributed by atoms with E-state index in [4.69, 9.17) is 13.6 Å². The second-order valence-electron chi connectivity index (χ2n) is 0.745. The molecule has 4 heteroatoms. The Kier molecular flexibility index (Phi) is 4.06. The Morgan fingerprint density at radius 3 is 2.50 bits per heavy atom. The Labute approximate surface area is 49.3 Å². The van der Waals surface area contributed by atoms with E-state index in [1.54, 1.807) is 0 Å². The average Bonchev–Trinajstić information content (AvgIpc) is 1.35. The fraction of sp³-hybridized carbons (Fsp3) is 0.500. The van der Waals surface area contributed by atoms with E-state index in [1.807, 2.05) is 0 Å². The molecule has 0 aromatic heterocycles. The third-order valence-electron chi connectivity index (χ3n) is 0.276. The summed E-state index contributed by atoms with van der Waals surface area (Å²) < 4.78 is 0.748. The van der Waals surface area contributed by atoms with Crippen molar-refractivity contribution in [3.05, 3.63) is 0 Å². The molecule has 0 rings (SSSR count). The van der Waals surface area contributed by atoms with Gasteiger partial charge >= 0.3 is 48.8 Å². The van der Waals surface area contributed by atoms with E-state index in [-0.39, 0.29) is 0 Å². The minimum absolute atomic E-state index is 0.440. The monoisotopic (exact) mass is 252 g/mol. The van der Waals surface area contributed by atoms with Gasteiger partial charge in [0, 0.05) is 0 Å². The SMILES string of the molecule is [B]CN[C](N)=[W]. The predicted molar refractivity (Wildman–Crippen MR) is 23.0 cm³/mol. The van der Waals surface area contributed by atoms with Crippen molar-refractivity contribution >= 4 is 12.0 Å². The van der Waals surface area contributed by atoms with Crippen LogP contribution in [-0.2, 0) is 19.4 Å². The summed E-state index contributed by atoms with van der Waals surface area (Å²) in [5.74, 6) is 0. The molecule has 0 aliphatic carbocycles. The number of nitrogens with two attached hydrogens (primary N) is 1. The third-order valence-corrected chi connectivity index (χ3v) is 0.795. The summed E-state index contributed by atoms with van der Waals surface area (Å²) in [5.41, 5.74) is 5.17. The van der Waals surface area contributed by atoms with Gasteiger partial charge in [0.05, 0.1) is 0 Å². The van der Waals surface area contributed by atoms with E-state index in [9.17, 15) is 0 Å². The fourth-order valence-electron chi connectivity index (χ4n) is 0.101. The first kappa shape index (κ1) is 6.54. The standard InChI is InChI=1S/C2H5BN2.W/c3-1-5-2-4;/h5H,1,4H2;. The first-order valence-corrected chi connectivity index (χ1v) is 2.97. The van der Waals surface area contributed by atoms with E-state index in [2.05, 4.69) is 5.32 Å². The molecule has 3 N–H and O–H groups in total. The molecule has 0 spiro atoms. The van der Waals surface area contributed by atoms with Crippen LogP contribution in [-0.4, -0.2) is 18.4 Å². The van der Waals surface area contributed by atoms with E-state index in [1.165, 1.54) is 19.4 Å². The Morgan fingerprint density at radius 1 is 2.00 bits per heavy atom. The van der Waals surface area contributed by atoms with Gasteiger partial charge in [-0.05, 0) is 0 Å². The van der Waals surface area contributed by atoms with Crippen LogP contribution in [0.15, 0.2) is 0 Å². The Hall–Kier alpha value is 0.543. The van der Waals surface area contributed by atoms with Crippen LogP contribution in [0.4, 0.5) is 0 Å². The van der Waals surface area contributed by atoms with Gasteiger partial charge in [0.25, 0.3) is 0 Å². The normalized spacial score (nSPS) is 8.17. The zero-order valence-electron chi connectivity index (χ0n) is 3.27. The van der Waals surface area contributed by atoms with E-state index in [0.717, 1.165) is 4.15 Å². The van der Waals surface area contributed by atoms with Gasteiger partial charge in [-0.15, -0.1) is 0 Å².